The molecule has 1 atom stereocenters. The Kier molecular flexibility index (Phi) is 5.83. The zero-order chi connectivity index (χ0) is 21.1. The van der Waals surface area contributed by atoms with Crippen molar-refractivity contribution in [2.45, 2.75) is 25.4 Å². The molecule has 4 rings (SSSR count). The van der Waals surface area contributed by atoms with Gasteiger partial charge in [0.25, 0.3) is 5.91 Å². The Bertz CT molecular complexity index is 947. The second-order valence-corrected chi connectivity index (χ2v) is 7.51. The first-order valence-electron chi connectivity index (χ1n) is 10.1. The Balaban J connectivity index is 1.50. The minimum Gasteiger partial charge on any atom is -0.477 e. The molecule has 2 aromatic carbocycles. The third kappa shape index (κ3) is 4.37. The molecule has 1 saturated heterocycles. The van der Waals surface area contributed by atoms with Crippen LogP contribution < -0.4 is 15.0 Å². The minimum absolute atomic E-state index is 0.0919. The van der Waals surface area contributed by atoms with Crippen molar-refractivity contribution in [2.75, 3.05) is 36.4 Å². The highest BCUT2D eigenvalue weighted by atomic mass is 19.1. The molecule has 0 radical (unpaired) electrons. The highest BCUT2D eigenvalue weighted by molar-refractivity contribution is 5.95. The van der Waals surface area contributed by atoms with Gasteiger partial charge in [-0.05, 0) is 43.5 Å². The van der Waals surface area contributed by atoms with Gasteiger partial charge in [-0.25, -0.2) is 8.78 Å². The van der Waals surface area contributed by atoms with E-state index in [1.165, 1.54) is 0 Å². The average molecular weight is 415 g/mol. The normalized spacial score (nSPS) is 18.4. The summed E-state index contributed by atoms with van der Waals surface area (Å²) in [6.07, 6.45) is 2.33. The molecule has 6 nitrogen and oxygen atoms in total. The van der Waals surface area contributed by atoms with Gasteiger partial charge in [0.15, 0.2) is 6.10 Å². The third-order valence-electron chi connectivity index (χ3n) is 5.34. The van der Waals surface area contributed by atoms with Crippen LogP contribution in [-0.4, -0.2) is 49.0 Å². The number of ether oxygens (including phenoxy) is 1. The molecule has 2 aliphatic rings. The Morgan fingerprint density at radius 1 is 1.07 bits per heavy atom. The molecular weight excluding hydrogens is 392 g/mol. The number of rotatable bonds is 4. The topological polar surface area (TPSA) is 61.9 Å². The lowest BCUT2D eigenvalue weighted by Gasteiger charge is -2.38. The number of hydrogen-bond donors (Lipinski definition) is 1. The second kappa shape index (κ2) is 8.69. The molecular formula is C22H23F2N3O3. The molecule has 0 aromatic heterocycles. The summed E-state index contributed by atoms with van der Waals surface area (Å²) in [6, 6.07) is 10.0. The molecule has 1 fully saturated rings. The van der Waals surface area contributed by atoms with Crippen LogP contribution in [0.15, 0.2) is 42.5 Å². The largest absolute Gasteiger partial charge is 0.477 e. The lowest BCUT2D eigenvalue weighted by molar-refractivity contribution is -0.139. The first-order chi connectivity index (χ1) is 14.5. The van der Waals surface area contributed by atoms with Crippen molar-refractivity contribution in [1.82, 2.24) is 4.90 Å². The van der Waals surface area contributed by atoms with Gasteiger partial charge in [-0.15, -0.1) is 0 Å². The van der Waals surface area contributed by atoms with Gasteiger partial charge in [0.1, 0.15) is 17.4 Å². The lowest BCUT2D eigenvalue weighted by Crippen LogP contribution is -2.52. The number of likely N-dealkylation sites (tertiary alicyclic amines) is 1. The maximum Gasteiger partial charge on any atom is 0.265 e. The smallest absolute Gasteiger partial charge is 0.265 e. The highest BCUT2D eigenvalue weighted by Gasteiger charge is 2.34. The first-order valence-corrected chi connectivity index (χ1v) is 10.1. The standard InChI is InChI=1S/C22H23F2N3O3/c23-15-8-9-16(24)17(12-15)25-21(28)14-27-13-20(22(29)26-10-4-1-5-11-26)30-19-7-3-2-6-18(19)27/h2-3,6-9,12,20H,1,4-5,10-11,13-14H2,(H,25,28). The van der Waals surface area contributed by atoms with E-state index in [2.05, 4.69) is 5.32 Å². The summed E-state index contributed by atoms with van der Waals surface area (Å²) >= 11 is 0. The number of para-hydroxylation sites is 2. The van der Waals surface area contributed by atoms with Crippen LogP contribution in [0.25, 0.3) is 0 Å². The third-order valence-corrected chi connectivity index (χ3v) is 5.34. The van der Waals surface area contributed by atoms with E-state index in [0.717, 1.165) is 37.5 Å². The van der Waals surface area contributed by atoms with Crippen LogP contribution in [-0.2, 0) is 9.59 Å². The minimum atomic E-state index is -0.725. The number of fused-ring (bicyclic) bond motifs is 1. The van der Waals surface area contributed by atoms with Crippen LogP contribution in [0.5, 0.6) is 5.75 Å². The summed E-state index contributed by atoms with van der Waals surface area (Å²) in [7, 11) is 0. The number of halogens is 2. The Morgan fingerprint density at radius 3 is 2.63 bits per heavy atom. The Hall–Kier alpha value is -3.16. The Morgan fingerprint density at radius 2 is 1.83 bits per heavy atom. The number of benzene rings is 2. The predicted molar refractivity (Wildman–Crippen MR) is 108 cm³/mol. The molecule has 2 heterocycles. The summed E-state index contributed by atoms with van der Waals surface area (Å²) in [6.45, 7) is 1.49. The van der Waals surface area contributed by atoms with E-state index in [-0.39, 0.29) is 24.7 Å². The van der Waals surface area contributed by atoms with E-state index in [1.54, 1.807) is 23.1 Å². The summed E-state index contributed by atoms with van der Waals surface area (Å²) in [5.41, 5.74) is 0.456. The predicted octanol–water partition coefficient (Wildman–Crippen LogP) is 3.18. The monoisotopic (exact) mass is 415 g/mol. The number of anilines is 2. The van der Waals surface area contributed by atoms with E-state index >= 15 is 0 Å². The zero-order valence-electron chi connectivity index (χ0n) is 16.4. The van der Waals surface area contributed by atoms with Crippen molar-refractivity contribution in [2.24, 2.45) is 0 Å². The van der Waals surface area contributed by atoms with Crippen LogP contribution in [0.1, 0.15) is 19.3 Å². The van der Waals surface area contributed by atoms with Gasteiger partial charge in [-0.2, -0.15) is 0 Å². The van der Waals surface area contributed by atoms with Gasteiger partial charge in [-0.1, -0.05) is 12.1 Å². The molecule has 1 N–H and O–H groups in total. The molecule has 2 aliphatic heterocycles. The molecule has 30 heavy (non-hydrogen) atoms. The fraction of sp³-hybridized carbons (Fsp3) is 0.364. The summed E-state index contributed by atoms with van der Waals surface area (Å²) in [5.74, 6) is -1.45. The fourth-order valence-electron chi connectivity index (χ4n) is 3.86. The van der Waals surface area contributed by atoms with Gasteiger partial charge >= 0.3 is 0 Å². The molecule has 0 spiro atoms. The molecule has 8 heteroatoms. The highest BCUT2D eigenvalue weighted by Crippen LogP contribution is 2.33. The maximum atomic E-state index is 13.9. The van der Waals surface area contributed by atoms with Gasteiger partial charge in [0.2, 0.25) is 5.91 Å². The van der Waals surface area contributed by atoms with E-state index < -0.39 is 23.6 Å². The van der Waals surface area contributed by atoms with Gasteiger partial charge < -0.3 is 19.9 Å². The zero-order valence-corrected chi connectivity index (χ0v) is 16.4. The number of nitrogens with zero attached hydrogens (tertiary/aromatic N) is 2. The Labute approximate surface area is 173 Å². The fourth-order valence-corrected chi connectivity index (χ4v) is 3.86. The lowest BCUT2D eigenvalue weighted by atomic mass is 10.1. The number of carbonyl (C=O) groups excluding carboxylic acids is 2. The van der Waals surface area contributed by atoms with Crippen LogP contribution in [0, 0.1) is 11.6 Å². The molecule has 0 bridgehead atoms. The first kappa shape index (κ1) is 20.1. The van der Waals surface area contributed by atoms with E-state index in [9.17, 15) is 18.4 Å². The van der Waals surface area contributed by atoms with E-state index in [0.29, 0.717) is 24.5 Å². The number of carbonyl (C=O) groups is 2. The van der Waals surface area contributed by atoms with E-state index in [1.807, 2.05) is 11.0 Å². The van der Waals surface area contributed by atoms with Crippen molar-refractivity contribution in [3.05, 3.63) is 54.1 Å². The second-order valence-electron chi connectivity index (χ2n) is 7.51. The van der Waals surface area contributed by atoms with Crippen molar-refractivity contribution < 1.29 is 23.1 Å². The summed E-state index contributed by atoms with van der Waals surface area (Å²) in [4.78, 5) is 29.0. The van der Waals surface area contributed by atoms with Gasteiger partial charge in [0.05, 0.1) is 24.5 Å². The quantitative estimate of drug-likeness (QED) is 0.833. The molecule has 1 unspecified atom stereocenters. The molecule has 0 saturated carbocycles. The summed E-state index contributed by atoms with van der Waals surface area (Å²) < 4.78 is 33.2. The van der Waals surface area contributed by atoms with Crippen LogP contribution >= 0.6 is 0 Å². The molecule has 158 valence electrons. The number of amides is 2. The van der Waals surface area contributed by atoms with Crippen molar-refractivity contribution >= 4 is 23.2 Å². The SMILES string of the molecule is O=C(CN1CC(C(=O)N2CCCCC2)Oc2ccccc21)Nc1cc(F)ccc1F. The van der Waals surface area contributed by atoms with Gasteiger partial charge in [0, 0.05) is 19.2 Å². The van der Waals surface area contributed by atoms with Crippen LogP contribution in [0.2, 0.25) is 0 Å². The average Bonchev–Trinajstić information content (AvgIpc) is 2.76. The van der Waals surface area contributed by atoms with Crippen molar-refractivity contribution in [3.63, 3.8) is 0 Å². The van der Waals surface area contributed by atoms with Gasteiger partial charge in [-0.3, -0.25) is 9.59 Å². The molecule has 0 aliphatic carbocycles. The number of piperidine rings is 1. The van der Waals surface area contributed by atoms with Crippen LogP contribution in [0.4, 0.5) is 20.2 Å². The molecule has 2 amide bonds. The van der Waals surface area contributed by atoms with Crippen molar-refractivity contribution in [3.8, 4) is 5.75 Å². The van der Waals surface area contributed by atoms with Crippen molar-refractivity contribution in [1.29, 1.82) is 0 Å². The number of nitrogens with one attached hydrogen (secondary N) is 1. The summed E-state index contributed by atoms with van der Waals surface area (Å²) in [5, 5.41) is 2.40. The van der Waals surface area contributed by atoms with Crippen LogP contribution in [0.3, 0.4) is 0 Å². The number of hydrogen-bond acceptors (Lipinski definition) is 4. The maximum absolute atomic E-state index is 13.9. The van der Waals surface area contributed by atoms with E-state index in [4.69, 9.17) is 4.74 Å². The molecule has 2 aromatic rings.